The summed E-state index contributed by atoms with van der Waals surface area (Å²) in [6.45, 7) is 1.97. The molecule has 0 radical (unpaired) electrons. The molecular formula is C24H23N3O5. The van der Waals surface area contributed by atoms with Gasteiger partial charge in [-0.05, 0) is 42.3 Å². The van der Waals surface area contributed by atoms with E-state index in [0.29, 0.717) is 30.4 Å². The molecule has 2 aromatic carbocycles. The summed E-state index contributed by atoms with van der Waals surface area (Å²) in [4.78, 5) is 27.2. The van der Waals surface area contributed by atoms with E-state index in [2.05, 4.69) is 27.7 Å². The minimum atomic E-state index is -0.748. The number of para-hydroxylation sites is 1. The minimum absolute atomic E-state index is 0.223. The van der Waals surface area contributed by atoms with Gasteiger partial charge in [0.15, 0.2) is 11.5 Å². The van der Waals surface area contributed by atoms with Crippen molar-refractivity contribution >= 4 is 23.2 Å². The Kier molecular flexibility index (Phi) is 5.41. The predicted molar refractivity (Wildman–Crippen MR) is 118 cm³/mol. The molecule has 8 heteroatoms. The third-order valence-electron chi connectivity index (χ3n) is 5.63. The number of carbonyl (C=O) groups is 2. The van der Waals surface area contributed by atoms with Crippen LogP contribution in [0.2, 0.25) is 0 Å². The molecule has 2 N–H and O–H groups in total. The molecule has 2 amide bonds. The third kappa shape index (κ3) is 3.99. The van der Waals surface area contributed by atoms with E-state index < -0.39 is 11.8 Å². The van der Waals surface area contributed by atoms with Crippen molar-refractivity contribution in [1.82, 2.24) is 5.32 Å². The summed E-state index contributed by atoms with van der Waals surface area (Å²) >= 11 is 0. The highest BCUT2D eigenvalue weighted by Crippen LogP contribution is 2.35. The molecule has 2 aliphatic rings. The van der Waals surface area contributed by atoms with Gasteiger partial charge in [0.1, 0.15) is 25.0 Å². The first-order chi connectivity index (χ1) is 15.7. The lowest BCUT2D eigenvalue weighted by molar-refractivity contribution is -0.136. The summed E-state index contributed by atoms with van der Waals surface area (Å²) in [6.07, 6.45) is 2.53. The molecule has 0 aliphatic carbocycles. The maximum atomic E-state index is 12.5. The lowest BCUT2D eigenvalue weighted by Crippen LogP contribution is -2.41. The standard InChI is InChI=1S/C24H23N3O5/c28-23(24(29)26-17-7-8-21-22(14-17)32-13-12-31-21)25-15-19(20-6-3-11-30-20)27-10-9-16-4-1-2-5-18(16)27/h1-8,11,14,19H,9-10,12-13,15H2,(H,25,28)(H,26,29)/t19-/m1/s1. The zero-order valence-corrected chi connectivity index (χ0v) is 17.4. The van der Waals surface area contributed by atoms with Gasteiger partial charge >= 0.3 is 11.8 Å². The van der Waals surface area contributed by atoms with Crippen LogP contribution in [0.3, 0.4) is 0 Å². The fraction of sp³-hybridized carbons (Fsp3) is 0.250. The first kappa shape index (κ1) is 20.0. The number of benzene rings is 2. The van der Waals surface area contributed by atoms with Gasteiger partial charge in [0.05, 0.1) is 6.26 Å². The van der Waals surface area contributed by atoms with E-state index in [1.54, 1.807) is 24.5 Å². The number of nitrogens with one attached hydrogen (secondary N) is 2. The van der Waals surface area contributed by atoms with Crippen molar-refractivity contribution < 1.29 is 23.5 Å². The largest absolute Gasteiger partial charge is 0.486 e. The predicted octanol–water partition coefficient (Wildman–Crippen LogP) is 2.91. The van der Waals surface area contributed by atoms with E-state index in [1.165, 1.54) is 5.56 Å². The van der Waals surface area contributed by atoms with Gasteiger partial charge in [0, 0.05) is 30.5 Å². The van der Waals surface area contributed by atoms with Crippen molar-refractivity contribution in [2.75, 3.05) is 36.5 Å². The van der Waals surface area contributed by atoms with Crippen LogP contribution in [0.15, 0.2) is 65.3 Å². The molecule has 3 heterocycles. The number of fused-ring (bicyclic) bond motifs is 2. The summed E-state index contributed by atoms with van der Waals surface area (Å²) in [5, 5.41) is 5.36. The number of hydrogen-bond donors (Lipinski definition) is 2. The Morgan fingerprint density at radius 2 is 1.81 bits per heavy atom. The SMILES string of the molecule is O=C(NC[C@H](c1ccco1)N1CCc2ccccc21)C(=O)Nc1ccc2c(c1)OCCO2. The number of nitrogens with zero attached hydrogens (tertiary/aromatic N) is 1. The molecule has 3 aromatic rings. The van der Waals surface area contributed by atoms with E-state index in [1.807, 2.05) is 24.3 Å². The molecular weight excluding hydrogens is 410 g/mol. The van der Waals surface area contributed by atoms with Crippen LogP contribution >= 0.6 is 0 Å². The molecule has 1 atom stereocenters. The van der Waals surface area contributed by atoms with E-state index in [-0.39, 0.29) is 12.6 Å². The Bertz CT molecular complexity index is 1130. The highest BCUT2D eigenvalue weighted by atomic mass is 16.6. The van der Waals surface area contributed by atoms with Crippen LogP contribution in [0, 0.1) is 0 Å². The first-order valence-electron chi connectivity index (χ1n) is 10.6. The van der Waals surface area contributed by atoms with Gasteiger partial charge in [-0.25, -0.2) is 0 Å². The number of anilines is 2. The van der Waals surface area contributed by atoms with Crippen molar-refractivity contribution in [1.29, 1.82) is 0 Å². The van der Waals surface area contributed by atoms with E-state index in [9.17, 15) is 9.59 Å². The zero-order chi connectivity index (χ0) is 21.9. The van der Waals surface area contributed by atoms with Crippen molar-refractivity contribution in [3.63, 3.8) is 0 Å². The Hall–Kier alpha value is -3.94. The monoisotopic (exact) mass is 433 g/mol. The van der Waals surface area contributed by atoms with Crippen LogP contribution in [0.1, 0.15) is 17.4 Å². The van der Waals surface area contributed by atoms with Gasteiger partial charge in [-0.15, -0.1) is 0 Å². The number of furan rings is 1. The molecule has 0 saturated carbocycles. The number of carbonyl (C=O) groups excluding carboxylic acids is 2. The van der Waals surface area contributed by atoms with Crippen LogP contribution in [0.5, 0.6) is 11.5 Å². The molecule has 164 valence electrons. The third-order valence-corrected chi connectivity index (χ3v) is 5.63. The molecule has 0 spiro atoms. The highest BCUT2D eigenvalue weighted by molar-refractivity contribution is 6.39. The van der Waals surface area contributed by atoms with Crippen molar-refractivity contribution in [3.8, 4) is 11.5 Å². The molecule has 32 heavy (non-hydrogen) atoms. The number of rotatable bonds is 5. The zero-order valence-electron chi connectivity index (χ0n) is 17.4. The Morgan fingerprint density at radius 1 is 0.969 bits per heavy atom. The van der Waals surface area contributed by atoms with Gasteiger partial charge in [-0.2, -0.15) is 0 Å². The van der Waals surface area contributed by atoms with E-state index in [0.717, 1.165) is 24.4 Å². The summed E-state index contributed by atoms with van der Waals surface area (Å²) in [5.74, 6) is 0.422. The minimum Gasteiger partial charge on any atom is -0.486 e. The molecule has 0 saturated heterocycles. The topological polar surface area (TPSA) is 93.0 Å². The fourth-order valence-corrected chi connectivity index (χ4v) is 4.11. The normalized spacial score (nSPS) is 15.1. The Labute approximate surface area is 185 Å². The summed E-state index contributed by atoms with van der Waals surface area (Å²) < 4.78 is 16.6. The van der Waals surface area contributed by atoms with Crippen LogP contribution in [-0.2, 0) is 16.0 Å². The maximum Gasteiger partial charge on any atom is 0.313 e. The van der Waals surface area contributed by atoms with Crippen LogP contribution in [0.25, 0.3) is 0 Å². The van der Waals surface area contributed by atoms with Crippen molar-refractivity contribution in [2.45, 2.75) is 12.5 Å². The second kappa shape index (κ2) is 8.66. The van der Waals surface area contributed by atoms with E-state index >= 15 is 0 Å². The lowest BCUT2D eigenvalue weighted by Gasteiger charge is -2.29. The van der Waals surface area contributed by atoms with Crippen LogP contribution in [-0.4, -0.2) is 38.1 Å². The maximum absolute atomic E-state index is 12.5. The molecule has 8 nitrogen and oxygen atoms in total. The quantitative estimate of drug-likeness (QED) is 0.601. The molecule has 0 unspecified atom stereocenters. The lowest BCUT2D eigenvalue weighted by atomic mass is 10.1. The molecule has 1 aromatic heterocycles. The van der Waals surface area contributed by atoms with Crippen LogP contribution < -0.4 is 25.0 Å². The van der Waals surface area contributed by atoms with Crippen LogP contribution in [0.4, 0.5) is 11.4 Å². The molecule has 2 aliphatic heterocycles. The van der Waals surface area contributed by atoms with Crippen molar-refractivity contribution in [3.05, 3.63) is 72.2 Å². The Morgan fingerprint density at radius 3 is 2.66 bits per heavy atom. The smallest absolute Gasteiger partial charge is 0.313 e. The molecule has 0 fully saturated rings. The van der Waals surface area contributed by atoms with Crippen molar-refractivity contribution in [2.24, 2.45) is 0 Å². The van der Waals surface area contributed by atoms with Gasteiger partial charge in [0.25, 0.3) is 0 Å². The first-order valence-corrected chi connectivity index (χ1v) is 10.6. The van der Waals surface area contributed by atoms with Gasteiger partial charge in [0.2, 0.25) is 0 Å². The number of amides is 2. The van der Waals surface area contributed by atoms with Gasteiger partial charge in [-0.3, -0.25) is 9.59 Å². The fourth-order valence-electron chi connectivity index (χ4n) is 4.11. The average Bonchev–Trinajstić information content (AvgIpc) is 3.50. The summed E-state index contributed by atoms with van der Waals surface area (Å²) in [5.41, 5.74) is 2.83. The second-order valence-corrected chi connectivity index (χ2v) is 7.63. The summed E-state index contributed by atoms with van der Waals surface area (Å²) in [7, 11) is 0. The molecule has 0 bridgehead atoms. The van der Waals surface area contributed by atoms with E-state index in [4.69, 9.17) is 13.9 Å². The average molecular weight is 433 g/mol. The van der Waals surface area contributed by atoms with Gasteiger partial charge in [-0.1, -0.05) is 18.2 Å². The number of hydrogen-bond acceptors (Lipinski definition) is 6. The molecule has 5 rings (SSSR count). The highest BCUT2D eigenvalue weighted by Gasteiger charge is 2.29. The number of ether oxygens (including phenoxy) is 2. The van der Waals surface area contributed by atoms with Gasteiger partial charge < -0.3 is 29.4 Å². The second-order valence-electron chi connectivity index (χ2n) is 7.63. The summed E-state index contributed by atoms with van der Waals surface area (Å²) in [6, 6.07) is 16.7. The Balaban J connectivity index is 1.25.